The number of benzene rings is 1. The van der Waals surface area contributed by atoms with Crippen molar-refractivity contribution >= 4 is 42.7 Å². The van der Waals surface area contributed by atoms with Crippen molar-refractivity contribution in [3.05, 3.63) is 75.2 Å². The summed E-state index contributed by atoms with van der Waals surface area (Å²) >= 11 is 6.86. The summed E-state index contributed by atoms with van der Waals surface area (Å²) in [5.41, 5.74) is 2.31. The van der Waals surface area contributed by atoms with Crippen LogP contribution in [0.4, 0.5) is 10.2 Å². The van der Waals surface area contributed by atoms with Crippen molar-refractivity contribution in [1.29, 1.82) is 0 Å². The van der Waals surface area contributed by atoms with Gasteiger partial charge in [-0.25, -0.2) is 18.7 Å². The van der Waals surface area contributed by atoms with E-state index < -0.39 is 25.9 Å². The molecule has 0 saturated carbocycles. The Hall–Kier alpha value is -3.71. The molecule has 0 radical (unpaired) electrons. The molecule has 2 aliphatic heterocycles. The lowest BCUT2D eigenvalue weighted by molar-refractivity contribution is -0.133. The number of carbonyl (C=O) groups excluding carboxylic acids is 1. The van der Waals surface area contributed by atoms with Crippen molar-refractivity contribution in [3.8, 4) is 16.9 Å². The summed E-state index contributed by atoms with van der Waals surface area (Å²) in [4.78, 5) is 45.7. The number of nitrogens with zero attached hydrogens (tertiary/aromatic N) is 6. The smallest absolute Gasteiger partial charge is 0.355 e. The van der Waals surface area contributed by atoms with Crippen LogP contribution >= 0.6 is 11.6 Å². The number of hydrogen-bond acceptors (Lipinski definition) is 8. The first-order valence-corrected chi connectivity index (χ1v) is 20.5. The van der Waals surface area contributed by atoms with E-state index in [1.807, 2.05) is 43.6 Å². The standard InChI is InChI=1S/C37H46ClFN6O4Si/c1-21(2)29-31(22(3)14-15-40-29)45-34-25(18-26(38)30(41-34)24-12-10-11-13-27(24)39)33(42-36(45)47)44-17-16-43(19-23(44)4)35(46)32-28(49-32)20-48-50(8,9)37(5,6)7/h10-15,18,21,23,28,32H,16-17,19-20H2,1-9H3/t23-,28-,32+/m0/s1. The summed E-state index contributed by atoms with van der Waals surface area (Å²) < 4.78 is 28.7. The van der Waals surface area contributed by atoms with Crippen molar-refractivity contribution in [1.82, 2.24) is 24.4 Å². The minimum absolute atomic E-state index is 0.0100. The fourth-order valence-corrected chi connectivity index (χ4v) is 7.57. The van der Waals surface area contributed by atoms with Gasteiger partial charge in [0.25, 0.3) is 5.91 Å². The molecule has 13 heteroatoms. The van der Waals surface area contributed by atoms with Crippen LogP contribution in [0, 0.1) is 12.7 Å². The van der Waals surface area contributed by atoms with Gasteiger partial charge in [-0.2, -0.15) is 4.98 Å². The van der Waals surface area contributed by atoms with Gasteiger partial charge in [0.15, 0.2) is 20.1 Å². The molecule has 0 spiro atoms. The van der Waals surface area contributed by atoms with Crippen molar-refractivity contribution < 1.29 is 18.3 Å². The predicted octanol–water partition coefficient (Wildman–Crippen LogP) is 6.89. The monoisotopic (exact) mass is 720 g/mol. The minimum atomic E-state index is -1.97. The number of rotatable bonds is 8. The van der Waals surface area contributed by atoms with E-state index in [-0.39, 0.29) is 45.3 Å². The summed E-state index contributed by atoms with van der Waals surface area (Å²) in [5.74, 6) is -0.135. The van der Waals surface area contributed by atoms with Crippen LogP contribution in [0.5, 0.6) is 0 Å². The molecule has 0 N–H and O–H groups in total. The summed E-state index contributed by atoms with van der Waals surface area (Å²) in [6.45, 7) is 20.5. The molecule has 4 aromatic rings. The number of halogens is 2. The van der Waals surface area contributed by atoms with E-state index in [9.17, 15) is 9.59 Å². The van der Waals surface area contributed by atoms with E-state index in [4.69, 9.17) is 25.7 Å². The molecule has 5 heterocycles. The van der Waals surface area contributed by atoms with Gasteiger partial charge >= 0.3 is 5.69 Å². The molecule has 6 rings (SSSR count). The molecule has 266 valence electrons. The van der Waals surface area contributed by atoms with E-state index in [0.29, 0.717) is 54.5 Å². The Kier molecular flexibility index (Phi) is 9.70. The number of anilines is 1. The lowest BCUT2D eigenvalue weighted by Crippen LogP contribution is -2.55. The number of aryl methyl sites for hydroxylation is 1. The lowest BCUT2D eigenvalue weighted by atomic mass is 10.0. The van der Waals surface area contributed by atoms with Gasteiger partial charge in [0.05, 0.1) is 34.1 Å². The second kappa shape index (κ2) is 13.4. The number of piperazine rings is 1. The first-order chi connectivity index (χ1) is 23.5. The van der Waals surface area contributed by atoms with Gasteiger partial charge in [-0.3, -0.25) is 9.78 Å². The number of amides is 1. The van der Waals surface area contributed by atoms with E-state index in [2.05, 4.69) is 43.8 Å². The zero-order valence-electron chi connectivity index (χ0n) is 30.3. The number of fused-ring (bicyclic) bond motifs is 1. The van der Waals surface area contributed by atoms with Gasteiger partial charge in [0.2, 0.25) is 0 Å². The highest BCUT2D eigenvalue weighted by atomic mass is 35.5. The normalized spacial score (nSPS) is 19.8. The third-order valence-electron chi connectivity index (χ3n) is 10.3. The predicted molar refractivity (Wildman–Crippen MR) is 197 cm³/mol. The van der Waals surface area contributed by atoms with Crippen LogP contribution in [-0.2, 0) is 14.0 Å². The maximum Gasteiger partial charge on any atom is 0.355 e. The van der Waals surface area contributed by atoms with E-state index in [1.165, 1.54) is 10.6 Å². The number of pyridine rings is 2. The van der Waals surface area contributed by atoms with Gasteiger partial charge in [0.1, 0.15) is 17.7 Å². The highest BCUT2D eigenvalue weighted by molar-refractivity contribution is 6.74. The summed E-state index contributed by atoms with van der Waals surface area (Å²) in [5, 5.41) is 0.826. The van der Waals surface area contributed by atoms with Crippen molar-refractivity contribution in [3.63, 3.8) is 0 Å². The molecule has 0 bridgehead atoms. The number of epoxide rings is 1. The molecule has 2 aliphatic rings. The quantitative estimate of drug-likeness (QED) is 0.143. The fourth-order valence-electron chi connectivity index (χ4n) is 6.30. The number of ether oxygens (including phenoxy) is 1. The van der Waals surface area contributed by atoms with Crippen LogP contribution in [0.3, 0.4) is 0 Å². The number of carbonyl (C=O) groups is 1. The zero-order chi connectivity index (χ0) is 36.3. The molecule has 3 aromatic heterocycles. The molecule has 1 aromatic carbocycles. The first-order valence-electron chi connectivity index (χ1n) is 17.2. The van der Waals surface area contributed by atoms with Gasteiger partial charge in [-0.15, -0.1) is 0 Å². The molecular weight excluding hydrogens is 675 g/mol. The van der Waals surface area contributed by atoms with Crippen LogP contribution in [0.2, 0.25) is 23.2 Å². The molecule has 50 heavy (non-hydrogen) atoms. The topological polar surface area (TPSA) is 106 Å². The summed E-state index contributed by atoms with van der Waals surface area (Å²) in [6, 6.07) is 9.63. The third kappa shape index (κ3) is 6.70. The van der Waals surface area contributed by atoms with Crippen LogP contribution in [0.25, 0.3) is 28.0 Å². The average Bonchev–Trinajstić information content (AvgIpc) is 3.83. The zero-order valence-corrected chi connectivity index (χ0v) is 32.0. The Morgan fingerprint density at radius 1 is 1.16 bits per heavy atom. The SMILES string of the molecule is Cc1ccnc(C(C)C)c1-n1c(=O)nc(N2CCN(C(=O)[C@@H]3O[C@H]3CO[Si](C)(C)C(C)(C)C)C[C@@H]2C)c2cc(Cl)c(-c3ccccc3F)nc21. The number of aromatic nitrogens is 4. The Balaban J connectivity index is 1.35. The largest absolute Gasteiger partial charge is 0.414 e. The Morgan fingerprint density at radius 2 is 1.88 bits per heavy atom. The Bertz CT molecular complexity index is 2010. The van der Waals surface area contributed by atoms with Crippen molar-refractivity contribution in [2.24, 2.45) is 0 Å². The minimum Gasteiger partial charge on any atom is -0.414 e. The second-order valence-electron chi connectivity index (χ2n) is 15.2. The van der Waals surface area contributed by atoms with Gasteiger partial charge < -0.3 is 19.0 Å². The first kappa shape index (κ1) is 36.1. The molecule has 1 amide bonds. The molecule has 3 atom stereocenters. The molecular formula is C37H46ClFN6O4Si. The van der Waals surface area contributed by atoms with E-state index in [0.717, 1.165) is 5.56 Å². The molecule has 2 saturated heterocycles. The third-order valence-corrected chi connectivity index (χ3v) is 15.1. The van der Waals surface area contributed by atoms with Gasteiger partial charge in [0, 0.05) is 37.4 Å². The van der Waals surface area contributed by atoms with E-state index in [1.54, 1.807) is 30.5 Å². The Morgan fingerprint density at radius 3 is 2.54 bits per heavy atom. The second-order valence-corrected chi connectivity index (χ2v) is 20.4. The van der Waals surface area contributed by atoms with Crippen LogP contribution in [0.1, 0.15) is 58.7 Å². The maximum atomic E-state index is 15.1. The lowest BCUT2D eigenvalue weighted by Gasteiger charge is -2.40. The van der Waals surface area contributed by atoms with Crippen LogP contribution < -0.4 is 10.6 Å². The molecule has 0 unspecified atom stereocenters. The Labute approximate surface area is 298 Å². The molecule has 10 nitrogen and oxygen atoms in total. The summed E-state index contributed by atoms with van der Waals surface area (Å²) in [7, 11) is -1.97. The van der Waals surface area contributed by atoms with E-state index >= 15 is 4.39 Å². The van der Waals surface area contributed by atoms with Gasteiger partial charge in [-0.1, -0.05) is 58.4 Å². The maximum absolute atomic E-state index is 15.1. The number of hydrogen-bond donors (Lipinski definition) is 0. The fraction of sp³-hybridized carbons (Fsp3) is 0.486. The highest BCUT2D eigenvalue weighted by Crippen LogP contribution is 2.39. The molecule has 2 fully saturated rings. The van der Waals surface area contributed by atoms with Crippen molar-refractivity contribution in [2.45, 2.75) is 90.8 Å². The highest BCUT2D eigenvalue weighted by Gasteiger charge is 2.49. The van der Waals surface area contributed by atoms with Crippen LogP contribution in [-0.4, -0.2) is 83.1 Å². The average molecular weight is 721 g/mol. The van der Waals surface area contributed by atoms with Crippen LogP contribution in [0.15, 0.2) is 47.4 Å². The van der Waals surface area contributed by atoms with Crippen molar-refractivity contribution in [2.75, 3.05) is 31.1 Å². The van der Waals surface area contributed by atoms with Gasteiger partial charge in [-0.05, 0) is 67.7 Å². The molecule has 0 aliphatic carbocycles. The summed E-state index contributed by atoms with van der Waals surface area (Å²) in [6.07, 6.45) is 0.961.